The van der Waals surface area contributed by atoms with Crippen LogP contribution in [-0.2, 0) is 9.59 Å². The maximum absolute atomic E-state index is 13.0. The first-order valence-electron chi connectivity index (χ1n) is 13.2. The number of amides is 2. The Morgan fingerprint density at radius 3 is 2.69 bits per heavy atom. The quantitative estimate of drug-likeness (QED) is 0.199. The number of aliphatic hydroxyl groups excluding tert-OH is 2. The lowest BCUT2D eigenvalue weighted by molar-refractivity contribution is -0.138. The lowest BCUT2D eigenvalue weighted by Gasteiger charge is -2.36. The number of aliphatic hydroxyl groups is 2. The molecule has 0 radical (unpaired) electrons. The number of carbonyl (C=O) groups excluding carboxylic acids is 2. The standard InChI is InChI=1S/C30H35IN2O6/c1-4-7-19-15-20-27(30(38)33(2)29(20)37)21(16-34)26(19)24(35)10-9-18(23-8-5-6-11-32-23)12-17-13-22(31)28(36)25(14-17)39-3/h5-6,8,11-14,20-21,24,27,34-36H,4,7,9-10,15-16H2,1-3H3/b18-12-/t20-,21+,24-,27-/m1/s1. The molecular formula is C30H35IN2O6. The second-order valence-electron chi connectivity index (χ2n) is 10.2. The predicted molar refractivity (Wildman–Crippen MR) is 157 cm³/mol. The lowest BCUT2D eigenvalue weighted by Crippen LogP contribution is -2.39. The van der Waals surface area contributed by atoms with E-state index in [4.69, 9.17) is 4.74 Å². The Balaban J connectivity index is 1.67. The van der Waals surface area contributed by atoms with Crippen LogP contribution in [0.1, 0.15) is 50.3 Å². The highest BCUT2D eigenvalue weighted by Gasteiger charge is 2.53. The zero-order valence-electron chi connectivity index (χ0n) is 22.4. The number of rotatable bonds is 10. The molecule has 1 aliphatic heterocycles. The van der Waals surface area contributed by atoms with Crippen molar-refractivity contribution in [3.63, 3.8) is 0 Å². The van der Waals surface area contributed by atoms with E-state index in [1.807, 2.05) is 37.3 Å². The summed E-state index contributed by atoms with van der Waals surface area (Å²) in [5, 5.41) is 32.2. The van der Waals surface area contributed by atoms with Crippen LogP contribution in [0.5, 0.6) is 11.5 Å². The predicted octanol–water partition coefficient (Wildman–Crippen LogP) is 4.42. The van der Waals surface area contributed by atoms with Gasteiger partial charge in [0.1, 0.15) is 0 Å². The Morgan fingerprint density at radius 1 is 1.28 bits per heavy atom. The van der Waals surface area contributed by atoms with Crippen molar-refractivity contribution in [2.45, 2.75) is 45.1 Å². The summed E-state index contributed by atoms with van der Waals surface area (Å²) in [6.07, 6.45) is 5.58. The normalized spacial score (nSPS) is 22.4. The minimum absolute atomic E-state index is 0.0803. The molecule has 0 unspecified atom stereocenters. The molecule has 2 heterocycles. The van der Waals surface area contributed by atoms with Gasteiger partial charge in [0.15, 0.2) is 11.5 Å². The van der Waals surface area contributed by atoms with Gasteiger partial charge in [0.2, 0.25) is 11.8 Å². The summed E-state index contributed by atoms with van der Waals surface area (Å²) in [6, 6.07) is 9.25. The molecule has 0 bridgehead atoms. The van der Waals surface area contributed by atoms with Gasteiger partial charge < -0.3 is 20.1 Å². The maximum atomic E-state index is 13.0. The van der Waals surface area contributed by atoms with E-state index in [1.165, 1.54) is 19.1 Å². The fourth-order valence-electron chi connectivity index (χ4n) is 5.96. The highest BCUT2D eigenvalue weighted by atomic mass is 127. The zero-order valence-corrected chi connectivity index (χ0v) is 24.6. The first-order valence-corrected chi connectivity index (χ1v) is 14.3. The molecule has 1 aromatic carbocycles. The first kappa shape index (κ1) is 29.2. The van der Waals surface area contributed by atoms with E-state index in [0.29, 0.717) is 40.6 Å². The number of aromatic hydroxyl groups is 1. The van der Waals surface area contributed by atoms with Crippen molar-refractivity contribution in [2.24, 2.45) is 17.8 Å². The number of methoxy groups -OCH3 is 1. The number of likely N-dealkylation sites (tertiary alicyclic amines) is 1. The van der Waals surface area contributed by atoms with E-state index in [2.05, 4.69) is 27.6 Å². The lowest BCUT2D eigenvalue weighted by atomic mass is 9.67. The van der Waals surface area contributed by atoms with Gasteiger partial charge in [-0.2, -0.15) is 0 Å². The molecule has 2 aromatic rings. The van der Waals surface area contributed by atoms with Crippen LogP contribution in [0.3, 0.4) is 0 Å². The van der Waals surface area contributed by atoms with Crippen LogP contribution in [0, 0.1) is 21.3 Å². The number of fused-ring (bicyclic) bond motifs is 1. The van der Waals surface area contributed by atoms with Crippen molar-refractivity contribution < 1.29 is 29.6 Å². The summed E-state index contributed by atoms with van der Waals surface area (Å²) < 4.78 is 5.97. The van der Waals surface area contributed by atoms with Gasteiger partial charge in [-0.25, -0.2) is 0 Å². The Morgan fingerprint density at radius 2 is 2.05 bits per heavy atom. The molecule has 2 aliphatic rings. The number of aromatic nitrogens is 1. The summed E-state index contributed by atoms with van der Waals surface area (Å²) in [5.74, 6) is -1.75. The topological polar surface area (TPSA) is 120 Å². The van der Waals surface area contributed by atoms with Crippen molar-refractivity contribution in [3.05, 3.63) is 62.5 Å². The summed E-state index contributed by atoms with van der Waals surface area (Å²) in [4.78, 5) is 31.4. The molecule has 8 nitrogen and oxygen atoms in total. The molecule has 0 spiro atoms. The minimum Gasteiger partial charge on any atom is -0.504 e. The fourth-order valence-corrected chi connectivity index (χ4v) is 6.59. The van der Waals surface area contributed by atoms with Crippen LogP contribution in [0.15, 0.2) is 47.7 Å². The van der Waals surface area contributed by atoms with Crippen LogP contribution < -0.4 is 4.74 Å². The number of halogens is 1. The number of benzene rings is 1. The SMILES string of the molecule is CCCC1=C([C@H](O)CC/C(=C/c2cc(I)c(O)c(OC)c2)c2ccccn2)[C@H](CO)[C@@H]2C(=O)N(C)C(=O)[C@@H]2C1. The number of phenols is 1. The molecule has 1 saturated heterocycles. The molecule has 2 amide bonds. The summed E-state index contributed by atoms with van der Waals surface area (Å²) >= 11 is 2.06. The van der Waals surface area contributed by atoms with Gasteiger partial charge in [-0.05, 0) is 95.3 Å². The third kappa shape index (κ3) is 5.90. The first-order chi connectivity index (χ1) is 18.7. The van der Waals surface area contributed by atoms with E-state index < -0.39 is 23.9 Å². The summed E-state index contributed by atoms with van der Waals surface area (Å²) in [5.41, 5.74) is 4.15. The van der Waals surface area contributed by atoms with Gasteiger partial charge in [0.25, 0.3) is 0 Å². The number of ether oxygens (including phenoxy) is 1. The van der Waals surface area contributed by atoms with Crippen LogP contribution in [0.2, 0.25) is 0 Å². The molecule has 0 saturated carbocycles. The second kappa shape index (κ2) is 12.6. The van der Waals surface area contributed by atoms with E-state index >= 15 is 0 Å². The highest BCUT2D eigenvalue weighted by molar-refractivity contribution is 14.1. The smallest absolute Gasteiger partial charge is 0.233 e. The van der Waals surface area contributed by atoms with Gasteiger partial charge in [-0.3, -0.25) is 19.5 Å². The van der Waals surface area contributed by atoms with Crippen molar-refractivity contribution in [1.82, 2.24) is 9.88 Å². The van der Waals surface area contributed by atoms with E-state index in [-0.39, 0.29) is 24.2 Å². The molecule has 4 rings (SSSR count). The van der Waals surface area contributed by atoms with Gasteiger partial charge in [-0.1, -0.05) is 25.0 Å². The Labute approximate surface area is 242 Å². The Bertz CT molecular complexity index is 1290. The molecular weight excluding hydrogens is 611 g/mol. The van der Waals surface area contributed by atoms with Crippen LogP contribution in [0.4, 0.5) is 0 Å². The molecule has 9 heteroatoms. The van der Waals surface area contributed by atoms with Gasteiger partial charge in [0.05, 0.1) is 40.9 Å². The van der Waals surface area contributed by atoms with Crippen LogP contribution in [0.25, 0.3) is 11.6 Å². The number of phenolic OH excluding ortho intramolecular Hbond substituents is 1. The summed E-state index contributed by atoms with van der Waals surface area (Å²) in [6.45, 7) is 1.74. The molecule has 3 N–H and O–H groups in total. The fraction of sp³-hybridized carbons (Fsp3) is 0.433. The van der Waals surface area contributed by atoms with Gasteiger partial charge >= 0.3 is 0 Å². The van der Waals surface area contributed by atoms with Crippen LogP contribution >= 0.6 is 22.6 Å². The van der Waals surface area contributed by atoms with Crippen molar-refractivity contribution >= 4 is 46.1 Å². The molecule has 39 heavy (non-hydrogen) atoms. The van der Waals surface area contributed by atoms with Crippen molar-refractivity contribution in [2.75, 3.05) is 20.8 Å². The number of hydrogen-bond donors (Lipinski definition) is 3. The van der Waals surface area contributed by atoms with E-state index in [9.17, 15) is 24.9 Å². The largest absolute Gasteiger partial charge is 0.504 e. The molecule has 1 fully saturated rings. The van der Waals surface area contributed by atoms with Crippen molar-refractivity contribution in [3.8, 4) is 11.5 Å². The van der Waals surface area contributed by atoms with E-state index in [0.717, 1.165) is 28.8 Å². The summed E-state index contributed by atoms with van der Waals surface area (Å²) in [7, 11) is 3.00. The van der Waals surface area contributed by atoms with Gasteiger partial charge in [0, 0.05) is 19.2 Å². The van der Waals surface area contributed by atoms with Gasteiger partial charge in [-0.15, -0.1) is 0 Å². The average molecular weight is 647 g/mol. The number of hydrogen-bond acceptors (Lipinski definition) is 7. The Hall–Kier alpha value is -2.76. The van der Waals surface area contributed by atoms with Crippen LogP contribution in [-0.4, -0.2) is 63.9 Å². The third-order valence-electron chi connectivity index (χ3n) is 7.80. The Kier molecular flexibility index (Phi) is 9.45. The van der Waals surface area contributed by atoms with Crippen molar-refractivity contribution in [1.29, 1.82) is 0 Å². The number of carbonyl (C=O) groups is 2. The number of imide groups is 1. The second-order valence-corrected chi connectivity index (χ2v) is 11.3. The number of pyridine rings is 1. The zero-order chi connectivity index (χ0) is 28.3. The monoisotopic (exact) mass is 646 g/mol. The highest BCUT2D eigenvalue weighted by Crippen LogP contribution is 2.47. The average Bonchev–Trinajstić information content (AvgIpc) is 3.15. The molecule has 1 aromatic heterocycles. The minimum atomic E-state index is -0.889. The molecule has 1 aliphatic carbocycles. The molecule has 4 atom stereocenters. The maximum Gasteiger partial charge on any atom is 0.233 e. The number of nitrogens with zero attached hydrogens (tertiary/aromatic N) is 2. The molecule has 208 valence electrons. The number of allylic oxidation sites excluding steroid dienone is 2. The van der Waals surface area contributed by atoms with E-state index in [1.54, 1.807) is 12.3 Å². The third-order valence-corrected chi connectivity index (χ3v) is 8.63.